The molecule has 1 atom stereocenters. The minimum absolute atomic E-state index is 0.144. The zero-order valence-corrected chi connectivity index (χ0v) is 35.2. The number of nitrogens with zero attached hydrogens (tertiary/aromatic N) is 8. The molecule has 310 valence electrons. The molecule has 60 heavy (non-hydrogen) atoms. The van der Waals surface area contributed by atoms with Crippen molar-refractivity contribution in [3.05, 3.63) is 94.1 Å². The number of anilines is 5. The van der Waals surface area contributed by atoms with Crippen molar-refractivity contribution in [3.8, 4) is 0 Å². The predicted octanol–water partition coefficient (Wildman–Crippen LogP) is 6.74. The number of hydrogen-bond donors (Lipinski definition) is 3. The third-order valence-corrected chi connectivity index (χ3v) is 14.1. The molecule has 3 aromatic carbocycles. The summed E-state index contributed by atoms with van der Waals surface area (Å²) in [6.45, 7) is 7.28. The highest BCUT2D eigenvalue weighted by atomic mass is 79.9. The number of imidazole rings is 1. The number of aromatic nitrogens is 4. The Bertz CT molecular complexity index is 2400. The first-order chi connectivity index (χ1) is 29.3. The van der Waals surface area contributed by atoms with Gasteiger partial charge in [-0.1, -0.05) is 53.0 Å². The number of nitrogens with one attached hydrogen (secondary N) is 3. The molecule has 4 fully saturated rings. The number of piperidine rings is 2. The Morgan fingerprint density at radius 3 is 2.27 bits per heavy atom. The van der Waals surface area contributed by atoms with E-state index in [2.05, 4.69) is 92.5 Å². The standard InChI is InChI=1S/C45H50BrN11O3/c46-40-29(10-15-35-36(40)28-56(43(35)60)38-16-17-39(58)51-42(38)59)27-53-22-24-55(25-23-53)33-18-20-54(21-19-33)32-13-11-31(12-14-32)48-44-47-26-37-41(52-44)57(34-8-4-5-9-34)45(50-37)49-30-6-2-1-3-7-30/h1-3,6-7,10-15,26,33-34,38H,4-5,8-9,16-25,27-28H2,(H,49,50)(H,47,48,52)(H,51,58,59). The first-order valence-electron chi connectivity index (χ1n) is 21.4. The van der Waals surface area contributed by atoms with Gasteiger partial charge >= 0.3 is 0 Å². The van der Waals surface area contributed by atoms with Gasteiger partial charge in [0.2, 0.25) is 23.7 Å². The predicted molar refractivity (Wildman–Crippen MR) is 235 cm³/mol. The fourth-order valence-corrected chi connectivity index (χ4v) is 10.5. The van der Waals surface area contributed by atoms with E-state index in [0.29, 0.717) is 36.6 Å². The van der Waals surface area contributed by atoms with Crippen molar-refractivity contribution in [1.29, 1.82) is 0 Å². The van der Waals surface area contributed by atoms with Gasteiger partial charge in [-0.05, 0) is 85.7 Å². The highest BCUT2D eigenvalue weighted by Gasteiger charge is 2.40. The third kappa shape index (κ3) is 7.74. The van der Waals surface area contributed by atoms with Gasteiger partial charge in [-0.25, -0.2) is 9.97 Å². The van der Waals surface area contributed by atoms with Crippen molar-refractivity contribution in [2.45, 2.75) is 82.6 Å². The summed E-state index contributed by atoms with van der Waals surface area (Å²) >= 11 is 3.82. The number of carbonyl (C=O) groups excluding carboxylic acids is 3. The summed E-state index contributed by atoms with van der Waals surface area (Å²) in [4.78, 5) is 61.3. The monoisotopic (exact) mass is 871 g/mol. The maximum Gasteiger partial charge on any atom is 0.255 e. The van der Waals surface area contributed by atoms with Crippen LogP contribution in [0.15, 0.2) is 77.4 Å². The van der Waals surface area contributed by atoms with Gasteiger partial charge in [-0.2, -0.15) is 4.98 Å². The van der Waals surface area contributed by atoms with Crippen molar-refractivity contribution in [1.82, 2.24) is 39.5 Å². The summed E-state index contributed by atoms with van der Waals surface area (Å²) in [5.74, 6) is 0.576. The van der Waals surface area contributed by atoms with Crippen molar-refractivity contribution >= 4 is 73.8 Å². The Morgan fingerprint density at radius 2 is 1.52 bits per heavy atom. The molecule has 1 aliphatic carbocycles. The lowest BCUT2D eigenvalue weighted by Gasteiger charge is -2.43. The summed E-state index contributed by atoms with van der Waals surface area (Å²) in [7, 11) is 0. The number of carbonyl (C=O) groups is 3. The molecule has 1 saturated carbocycles. The molecule has 6 heterocycles. The molecule has 0 radical (unpaired) electrons. The number of halogens is 1. The minimum Gasteiger partial charge on any atom is -0.371 e. The lowest BCUT2D eigenvalue weighted by atomic mass is 10.0. The van der Waals surface area contributed by atoms with Crippen LogP contribution in [0.1, 0.15) is 78.9 Å². The zero-order chi connectivity index (χ0) is 40.7. The van der Waals surface area contributed by atoms with Crippen LogP contribution in [0, 0.1) is 0 Å². The molecule has 15 heteroatoms. The molecule has 5 aromatic rings. The lowest BCUT2D eigenvalue weighted by Crippen LogP contribution is -2.53. The number of piperazine rings is 1. The molecule has 3 N–H and O–H groups in total. The van der Waals surface area contributed by atoms with Gasteiger partial charge in [-0.15, -0.1) is 0 Å². The van der Waals surface area contributed by atoms with Crippen molar-refractivity contribution in [3.63, 3.8) is 0 Å². The molecule has 0 spiro atoms. The third-order valence-electron chi connectivity index (χ3n) is 13.2. The van der Waals surface area contributed by atoms with Crippen LogP contribution < -0.4 is 20.9 Å². The van der Waals surface area contributed by atoms with E-state index >= 15 is 0 Å². The van der Waals surface area contributed by atoms with E-state index in [1.54, 1.807) is 4.90 Å². The van der Waals surface area contributed by atoms with Gasteiger partial charge in [0.05, 0.1) is 6.20 Å². The van der Waals surface area contributed by atoms with E-state index in [1.165, 1.54) is 18.5 Å². The molecule has 14 nitrogen and oxygen atoms in total. The van der Waals surface area contributed by atoms with Gasteiger partial charge in [0.25, 0.3) is 5.91 Å². The topological polar surface area (TPSA) is 144 Å². The largest absolute Gasteiger partial charge is 0.371 e. The molecule has 2 aromatic heterocycles. The molecule has 3 saturated heterocycles. The second-order valence-corrected chi connectivity index (χ2v) is 17.6. The molecular weight excluding hydrogens is 822 g/mol. The second kappa shape index (κ2) is 16.6. The summed E-state index contributed by atoms with van der Waals surface area (Å²) in [6, 6.07) is 23.1. The Hall–Kier alpha value is -5.38. The first-order valence-corrected chi connectivity index (χ1v) is 22.2. The minimum atomic E-state index is -0.611. The molecule has 4 aliphatic heterocycles. The molecule has 10 rings (SSSR count). The Morgan fingerprint density at radius 1 is 0.767 bits per heavy atom. The van der Waals surface area contributed by atoms with E-state index in [1.807, 2.05) is 36.5 Å². The van der Waals surface area contributed by atoms with Gasteiger partial charge in [-0.3, -0.25) is 34.1 Å². The number of benzene rings is 3. The Kier molecular flexibility index (Phi) is 10.7. The highest BCUT2D eigenvalue weighted by Crippen LogP contribution is 2.37. The molecular formula is C45H50BrN11O3. The van der Waals surface area contributed by atoms with Crippen LogP contribution in [0.2, 0.25) is 0 Å². The van der Waals surface area contributed by atoms with Crippen LogP contribution in [-0.4, -0.2) is 103 Å². The van der Waals surface area contributed by atoms with E-state index < -0.39 is 6.04 Å². The Balaban J connectivity index is 0.716. The number of rotatable bonds is 10. The van der Waals surface area contributed by atoms with Crippen molar-refractivity contribution in [2.24, 2.45) is 0 Å². The summed E-state index contributed by atoms with van der Waals surface area (Å²) in [5, 5.41) is 9.37. The van der Waals surface area contributed by atoms with Gasteiger partial charge in [0, 0.05) is 98.0 Å². The maximum absolute atomic E-state index is 13.3. The van der Waals surface area contributed by atoms with E-state index in [4.69, 9.17) is 9.97 Å². The quantitative estimate of drug-likeness (QED) is 0.129. The van der Waals surface area contributed by atoms with Crippen LogP contribution in [0.3, 0.4) is 0 Å². The number of amides is 3. The summed E-state index contributed by atoms with van der Waals surface area (Å²) in [6.07, 6.45) is 9.38. The SMILES string of the molecule is O=C1CCC(N2Cc3c(ccc(CN4CCN(C5CCN(c6ccc(Nc7ncc8nc(Nc9ccccc9)n(C9CCCC9)c8n7)cc6)CC5)CC4)c3Br)C2=O)C(=O)N1. The van der Waals surface area contributed by atoms with Gasteiger partial charge in [0.1, 0.15) is 11.6 Å². The number of imide groups is 1. The molecule has 5 aliphatic rings. The maximum atomic E-state index is 13.3. The van der Waals surface area contributed by atoms with Crippen LogP contribution in [0.4, 0.5) is 29.0 Å². The van der Waals surface area contributed by atoms with Crippen LogP contribution in [0.5, 0.6) is 0 Å². The molecule has 1 unspecified atom stereocenters. The average Bonchev–Trinajstić information content (AvgIpc) is 4.01. The van der Waals surface area contributed by atoms with E-state index in [-0.39, 0.29) is 24.1 Å². The van der Waals surface area contributed by atoms with E-state index in [0.717, 1.165) is 116 Å². The fourth-order valence-electron chi connectivity index (χ4n) is 9.87. The first kappa shape index (κ1) is 38.8. The average molecular weight is 873 g/mol. The van der Waals surface area contributed by atoms with Gasteiger partial charge < -0.3 is 20.4 Å². The normalized spacial score (nSPS) is 20.9. The smallest absolute Gasteiger partial charge is 0.255 e. The van der Waals surface area contributed by atoms with Crippen LogP contribution in [0.25, 0.3) is 11.2 Å². The fraction of sp³-hybridized carbons (Fsp3) is 0.422. The molecule has 0 bridgehead atoms. The highest BCUT2D eigenvalue weighted by molar-refractivity contribution is 9.10. The van der Waals surface area contributed by atoms with Crippen molar-refractivity contribution in [2.75, 3.05) is 54.8 Å². The van der Waals surface area contributed by atoms with Crippen LogP contribution >= 0.6 is 15.9 Å². The second-order valence-electron chi connectivity index (χ2n) is 16.8. The number of para-hydroxylation sites is 1. The number of fused-ring (bicyclic) bond motifs is 2. The lowest BCUT2D eigenvalue weighted by molar-refractivity contribution is -0.136. The van der Waals surface area contributed by atoms with Gasteiger partial charge in [0.15, 0.2) is 5.65 Å². The van der Waals surface area contributed by atoms with Crippen LogP contribution in [-0.2, 0) is 22.7 Å². The molecule has 3 amide bonds. The Labute approximate surface area is 357 Å². The summed E-state index contributed by atoms with van der Waals surface area (Å²) < 4.78 is 3.22. The number of hydrogen-bond acceptors (Lipinski definition) is 11. The van der Waals surface area contributed by atoms with Crippen molar-refractivity contribution < 1.29 is 14.4 Å². The van der Waals surface area contributed by atoms with E-state index in [9.17, 15) is 14.4 Å². The summed E-state index contributed by atoms with van der Waals surface area (Å²) in [5.41, 5.74) is 7.55. The zero-order valence-electron chi connectivity index (χ0n) is 33.7.